The summed E-state index contributed by atoms with van der Waals surface area (Å²) in [6.07, 6.45) is 4.02. The molecule has 0 N–H and O–H groups in total. The van der Waals surface area contributed by atoms with Gasteiger partial charge in [0.15, 0.2) is 0 Å². The molecular weight excluding hydrogens is 492 g/mol. The van der Waals surface area contributed by atoms with Gasteiger partial charge in [-0.3, -0.25) is 29.4 Å². The number of benzene rings is 2. The Morgan fingerprint density at radius 3 is 2.51 bits per heavy atom. The molecule has 2 heterocycles. The molecule has 1 amide bonds. The second-order valence-corrected chi connectivity index (χ2v) is 10.1. The van der Waals surface area contributed by atoms with Crippen molar-refractivity contribution in [1.82, 2.24) is 14.7 Å². The molecule has 194 valence electrons. The smallest absolute Gasteiger partial charge is 0.269 e. The van der Waals surface area contributed by atoms with Crippen LogP contribution >= 0.6 is 11.6 Å². The van der Waals surface area contributed by atoms with Crippen molar-refractivity contribution in [1.29, 1.82) is 0 Å². The molecule has 9 nitrogen and oxygen atoms in total. The lowest BCUT2D eigenvalue weighted by atomic mass is 9.97. The standard InChI is InChI=1S/C27H31ClN6O3/c1-30-26(24-7-2-3-8-25(24)29-30)33(27(35)20-9-11-22(12-10-20)34(36)37)18-15-31-13-16-32(17-14-31)23-6-4-5-21(28)19-23/h4-6,9-12,19H,2-3,7-8,13-18H2,1H3. The lowest BCUT2D eigenvalue weighted by Gasteiger charge is -2.37. The van der Waals surface area contributed by atoms with Crippen LogP contribution in [0.1, 0.15) is 34.5 Å². The number of carbonyl (C=O) groups excluding carboxylic acids is 1. The lowest BCUT2D eigenvalue weighted by molar-refractivity contribution is -0.384. The predicted octanol–water partition coefficient (Wildman–Crippen LogP) is 4.33. The highest BCUT2D eigenvalue weighted by atomic mass is 35.5. The summed E-state index contributed by atoms with van der Waals surface area (Å²) < 4.78 is 1.83. The van der Waals surface area contributed by atoms with Crippen LogP contribution in [0.15, 0.2) is 48.5 Å². The van der Waals surface area contributed by atoms with Crippen LogP contribution in [0.4, 0.5) is 17.2 Å². The van der Waals surface area contributed by atoms with Crippen LogP contribution in [-0.2, 0) is 19.9 Å². The molecule has 37 heavy (non-hydrogen) atoms. The van der Waals surface area contributed by atoms with Crippen LogP contribution in [0.25, 0.3) is 0 Å². The van der Waals surface area contributed by atoms with Crippen molar-refractivity contribution < 1.29 is 9.72 Å². The number of piperazine rings is 1. The first kappa shape index (κ1) is 25.2. The normalized spacial score (nSPS) is 15.9. The van der Waals surface area contributed by atoms with Gasteiger partial charge >= 0.3 is 0 Å². The van der Waals surface area contributed by atoms with Crippen LogP contribution in [-0.4, -0.2) is 64.8 Å². The molecule has 0 atom stereocenters. The van der Waals surface area contributed by atoms with Crippen molar-refractivity contribution in [2.45, 2.75) is 25.7 Å². The highest BCUT2D eigenvalue weighted by molar-refractivity contribution is 6.30. The molecule has 1 saturated heterocycles. The van der Waals surface area contributed by atoms with Gasteiger partial charge in [0.25, 0.3) is 11.6 Å². The van der Waals surface area contributed by atoms with Gasteiger partial charge in [-0.05, 0) is 56.0 Å². The number of rotatable bonds is 7. The van der Waals surface area contributed by atoms with Crippen LogP contribution in [0, 0.1) is 10.1 Å². The van der Waals surface area contributed by atoms with Gasteiger partial charge < -0.3 is 4.90 Å². The molecule has 1 aliphatic heterocycles. The van der Waals surface area contributed by atoms with Crippen molar-refractivity contribution in [3.05, 3.63) is 80.5 Å². The summed E-state index contributed by atoms with van der Waals surface area (Å²) in [5.41, 5.74) is 3.75. The molecule has 0 radical (unpaired) electrons. The largest absolute Gasteiger partial charge is 0.369 e. The number of aromatic nitrogens is 2. The first-order valence-corrected chi connectivity index (χ1v) is 13.1. The van der Waals surface area contributed by atoms with Crippen LogP contribution in [0.3, 0.4) is 0 Å². The van der Waals surface area contributed by atoms with Crippen molar-refractivity contribution in [3.63, 3.8) is 0 Å². The second kappa shape index (κ2) is 10.9. The number of non-ortho nitro benzene ring substituents is 1. The summed E-state index contributed by atoms with van der Waals surface area (Å²) >= 11 is 6.18. The zero-order valence-corrected chi connectivity index (χ0v) is 21.7. The number of carbonyl (C=O) groups is 1. The number of anilines is 2. The molecule has 1 fully saturated rings. The molecule has 10 heteroatoms. The Kier molecular flexibility index (Phi) is 7.43. The minimum absolute atomic E-state index is 0.0291. The number of nitro groups is 1. The van der Waals surface area contributed by atoms with E-state index >= 15 is 0 Å². The lowest BCUT2D eigenvalue weighted by Crippen LogP contribution is -2.49. The third kappa shape index (κ3) is 5.47. The van der Waals surface area contributed by atoms with Crippen molar-refractivity contribution in [2.24, 2.45) is 7.05 Å². The highest BCUT2D eigenvalue weighted by Gasteiger charge is 2.29. The summed E-state index contributed by atoms with van der Waals surface area (Å²) in [4.78, 5) is 31.0. The Morgan fingerprint density at radius 1 is 1.08 bits per heavy atom. The second-order valence-electron chi connectivity index (χ2n) is 9.65. The molecule has 2 aliphatic rings. The molecule has 0 bridgehead atoms. The fraction of sp³-hybridized carbons (Fsp3) is 0.407. The maximum atomic E-state index is 13.8. The maximum Gasteiger partial charge on any atom is 0.269 e. The van der Waals surface area contributed by atoms with E-state index in [1.165, 1.54) is 12.1 Å². The van der Waals surface area contributed by atoms with Crippen molar-refractivity contribution >= 4 is 34.7 Å². The van der Waals surface area contributed by atoms with Gasteiger partial charge in [-0.2, -0.15) is 5.10 Å². The number of hydrogen-bond acceptors (Lipinski definition) is 6. The summed E-state index contributed by atoms with van der Waals surface area (Å²) in [5, 5.41) is 16.6. The van der Waals surface area contributed by atoms with E-state index in [-0.39, 0.29) is 11.6 Å². The fourth-order valence-electron chi connectivity index (χ4n) is 5.33. The van der Waals surface area contributed by atoms with E-state index in [9.17, 15) is 14.9 Å². The molecule has 0 saturated carbocycles. The third-order valence-corrected chi connectivity index (χ3v) is 7.53. The summed E-state index contributed by atoms with van der Waals surface area (Å²) in [6, 6.07) is 13.8. The molecule has 0 unspecified atom stereocenters. The number of nitrogens with zero attached hydrogens (tertiary/aromatic N) is 6. The van der Waals surface area contributed by atoms with Gasteiger partial charge in [0.2, 0.25) is 0 Å². The monoisotopic (exact) mass is 522 g/mol. The van der Waals surface area contributed by atoms with Gasteiger partial charge in [0, 0.05) is 80.3 Å². The Bertz CT molecular complexity index is 1280. The SMILES string of the molecule is Cn1nc2c(c1N(CCN1CCN(c3cccc(Cl)c3)CC1)C(=O)c1ccc([N+](=O)[O-])cc1)CCCC2. The Morgan fingerprint density at radius 2 is 1.81 bits per heavy atom. The summed E-state index contributed by atoms with van der Waals surface area (Å²) in [6.45, 7) is 4.78. The molecular formula is C27H31ClN6O3. The highest BCUT2D eigenvalue weighted by Crippen LogP contribution is 2.31. The van der Waals surface area contributed by atoms with Gasteiger partial charge in [0.05, 0.1) is 10.6 Å². The van der Waals surface area contributed by atoms with E-state index in [1.807, 2.05) is 34.8 Å². The van der Waals surface area contributed by atoms with Crippen LogP contribution in [0.5, 0.6) is 0 Å². The average molecular weight is 523 g/mol. The molecule has 3 aromatic rings. The van der Waals surface area contributed by atoms with Crippen LogP contribution < -0.4 is 9.80 Å². The molecule has 1 aliphatic carbocycles. The first-order chi connectivity index (χ1) is 17.9. The topological polar surface area (TPSA) is 87.8 Å². The third-order valence-electron chi connectivity index (χ3n) is 7.30. The van der Waals surface area contributed by atoms with E-state index < -0.39 is 4.92 Å². The van der Waals surface area contributed by atoms with Gasteiger partial charge in [-0.1, -0.05) is 17.7 Å². The summed E-state index contributed by atoms with van der Waals surface area (Å²) in [7, 11) is 1.90. The minimum atomic E-state index is -0.452. The zero-order valence-electron chi connectivity index (χ0n) is 21.0. The number of hydrogen-bond donors (Lipinski definition) is 0. The number of fused-ring (bicyclic) bond motifs is 1. The quantitative estimate of drug-likeness (QED) is 0.339. The van der Waals surface area contributed by atoms with Crippen LogP contribution in [0.2, 0.25) is 5.02 Å². The predicted molar refractivity (Wildman–Crippen MR) is 145 cm³/mol. The average Bonchev–Trinajstić information content (AvgIpc) is 3.24. The number of aryl methyl sites for hydroxylation is 2. The van der Waals surface area contributed by atoms with Crippen molar-refractivity contribution in [3.8, 4) is 0 Å². The minimum Gasteiger partial charge on any atom is -0.369 e. The first-order valence-electron chi connectivity index (χ1n) is 12.7. The number of amides is 1. The Hall–Kier alpha value is -3.43. The van der Waals surface area contributed by atoms with Crippen molar-refractivity contribution in [2.75, 3.05) is 49.1 Å². The van der Waals surface area contributed by atoms with E-state index in [4.69, 9.17) is 16.7 Å². The zero-order chi connectivity index (χ0) is 25.9. The van der Waals surface area contributed by atoms with Gasteiger partial charge in [0.1, 0.15) is 5.82 Å². The molecule has 5 rings (SSSR count). The fourth-order valence-corrected chi connectivity index (χ4v) is 5.52. The Labute approximate surface area is 221 Å². The van der Waals surface area contributed by atoms with Gasteiger partial charge in [-0.15, -0.1) is 0 Å². The summed E-state index contributed by atoms with van der Waals surface area (Å²) in [5.74, 6) is 0.680. The number of halogens is 1. The van der Waals surface area contributed by atoms with Gasteiger partial charge in [-0.25, -0.2) is 0 Å². The Balaban J connectivity index is 1.33. The molecule has 1 aromatic heterocycles. The van der Waals surface area contributed by atoms with E-state index in [0.29, 0.717) is 12.1 Å². The van der Waals surface area contributed by atoms with E-state index in [0.717, 1.165) is 86.2 Å². The maximum absolute atomic E-state index is 13.8. The van der Waals surface area contributed by atoms with E-state index in [2.05, 4.69) is 15.9 Å². The van der Waals surface area contributed by atoms with E-state index in [1.54, 1.807) is 12.1 Å². The number of nitro benzene ring substituents is 1. The molecule has 2 aromatic carbocycles. The molecule has 0 spiro atoms.